The van der Waals surface area contributed by atoms with Gasteiger partial charge in [-0.05, 0) is 43.4 Å². The normalized spacial score (nSPS) is 18.2. The molecule has 1 atom stereocenters. The zero-order valence-electron chi connectivity index (χ0n) is 15.3. The molecule has 0 aromatic heterocycles. The van der Waals surface area contributed by atoms with Crippen molar-refractivity contribution in [1.82, 2.24) is 15.5 Å². The van der Waals surface area contributed by atoms with Crippen molar-refractivity contribution in [2.24, 2.45) is 10.9 Å². The molecule has 1 unspecified atom stereocenters. The smallest absolute Gasteiger partial charge is 0.191 e. The number of aliphatic imine (C=N–C) groups is 1. The Morgan fingerprint density at radius 3 is 2.60 bits per heavy atom. The Kier molecular flexibility index (Phi) is 8.15. The minimum Gasteiger partial charge on any atom is -0.396 e. The van der Waals surface area contributed by atoms with Crippen LogP contribution in [0.1, 0.15) is 32.3 Å². The Bertz CT molecular complexity index is 527. The second kappa shape index (κ2) is 10.4. The van der Waals surface area contributed by atoms with Gasteiger partial charge in [0.2, 0.25) is 0 Å². The molecule has 0 aliphatic carbocycles. The molecule has 0 saturated carbocycles. The van der Waals surface area contributed by atoms with Crippen LogP contribution in [0.3, 0.4) is 0 Å². The molecule has 140 valence electrons. The molecule has 0 spiro atoms. The van der Waals surface area contributed by atoms with Crippen molar-refractivity contribution in [3.63, 3.8) is 0 Å². The summed E-state index contributed by atoms with van der Waals surface area (Å²) in [5.41, 5.74) is 1.15. The van der Waals surface area contributed by atoms with E-state index in [1.807, 2.05) is 19.1 Å². The van der Waals surface area contributed by atoms with Gasteiger partial charge >= 0.3 is 0 Å². The average Bonchev–Trinajstić information content (AvgIpc) is 2.63. The second-order valence-corrected chi connectivity index (χ2v) is 6.83. The fraction of sp³-hybridized carbons (Fsp3) is 0.632. The summed E-state index contributed by atoms with van der Waals surface area (Å²) in [6.07, 6.45) is 2.11. The zero-order valence-corrected chi connectivity index (χ0v) is 15.3. The Balaban J connectivity index is 1.78. The second-order valence-electron chi connectivity index (χ2n) is 6.83. The molecule has 0 amide bonds. The number of piperidine rings is 1. The summed E-state index contributed by atoms with van der Waals surface area (Å²) < 4.78 is 13.0. The van der Waals surface area contributed by atoms with Crippen molar-refractivity contribution in [2.75, 3.05) is 32.8 Å². The third kappa shape index (κ3) is 7.00. The topological polar surface area (TPSA) is 59.9 Å². The first-order chi connectivity index (χ1) is 12.1. The van der Waals surface area contributed by atoms with Crippen LogP contribution in [0.15, 0.2) is 29.3 Å². The number of benzene rings is 1. The SMILES string of the molecule is CCNC(=NCC(C)CO)NC1CCN(Cc2ccc(F)cc2)CC1. The fourth-order valence-corrected chi connectivity index (χ4v) is 2.90. The Morgan fingerprint density at radius 2 is 2.00 bits per heavy atom. The van der Waals surface area contributed by atoms with Gasteiger partial charge in [0.05, 0.1) is 0 Å². The third-order valence-electron chi connectivity index (χ3n) is 4.46. The summed E-state index contributed by atoms with van der Waals surface area (Å²) in [6, 6.07) is 7.18. The van der Waals surface area contributed by atoms with Crippen LogP contribution in [0.25, 0.3) is 0 Å². The summed E-state index contributed by atoms with van der Waals surface area (Å²) in [5, 5.41) is 15.9. The summed E-state index contributed by atoms with van der Waals surface area (Å²) in [6.45, 7) is 8.54. The van der Waals surface area contributed by atoms with Crippen LogP contribution >= 0.6 is 0 Å². The first-order valence-corrected chi connectivity index (χ1v) is 9.23. The van der Waals surface area contributed by atoms with Crippen molar-refractivity contribution in [1.29, 1.82) is 0 Å². The number of aliphatic hydroxyl groups excluding tert-OH is 1. The lowest BCUT2D eigenvalue weighted by Crippen LogP contribution is -2.48. The maximum absolute atomic E-state index is 13.0. The lowest BCUT2D eigenvalue weighted by Gasteiger charge is -2.33. The number of hydrogen-bond donors (Lipinski definition) is 3. The van der Waals surface area contributed by atoms with Gasteiger partial charge in [-0.2, -0.15) is 0 Å². The van der Waals surface area contributed by atoms with E-state index in [0.29, 0.717) is 12.6 Å². The van der Waals surface area contributed by atoms with Crippen LogP contribution in [-0.4, -0.2) is 54.8 Å². The van der Waals surface area contributed by atoms with Crippen molar-refractivity contribution in [3.8, 4) is 0 Å². The lowest BCUT2D eigenvalue weighted by molar-refractivity contribution is 0.198. The van der Waals surface area contributed by atoms with E-state index in [2.05, 4.69) is 27.4 Å². The van der Waals surface area contributed by atoms with Gasteiger partial charge in [-0.3, -0.25) is 9.89 Å². The lowest BCUT2D eigenvalue weighted by atomic mass is 10.0. The Labute approximate surface area is 150 Å². The van der Waals surface area contributed by atoms with E-state index in [4.69, 9.17) is 5.11 Å². The number of nitrogens with one attached hydrogen (secondary N) is 2. The molecule has 0 radical (unpaired) electrons. The van der Waals surface area contributed by atoms with Crippen molar-refractivity contribution in [3.05, 3.63) is 35.6 Å². The number of halogens is 1. The summed E-state index contributed by atoms with van der Waals surface area (Å²) in [4.78, 5) is 6.96. The van der Waals surface area contributed by atoms with Crippen LogP contribution in [0.4, 0.5) is 4.39 Å². The molecule has 6 heteroatoms. The minimum absolute atomic E-state index is 0.157. The van der Waals surface area contributed by atoms with E-state index < -0.39 is 0 Å². The predicted molar refractivity (Wildman–Crippen MR) is 100 cm³/mol. The van der Waals surface area contributed by atoms with Crippen molar-refractivity contribution in [2.45, 2.75) is 39.3 Å². The molecule has 1 fully saturated rings. The predicted octanol–water partition coefficient (Wildman–Crippen LogP) is 1.97. The van der Waals surface area contributed by atoms with Gasteiger partial charge in [0.25, 0.3) is 0 Å². The van der Waals surface area contributed by atoms with Gasteiger partial charge < -0.3 is 15.7 Å². The molecule has 1 aromatic rings. The van der Waals surface area contributed by atoms with Crippen molar-refractivity contribution < 1.29 is 9.50 Å². The monoisotopic (exact) mass is 350 g/mol. The molecule has 1 aliphatic heterocycles. The highest BCUT2D eigenvalue weighted by Gasteiger charge is 2.20. The standard InChI is InChI=1S/C19H31FN4O/c1-3-21-19(22-12-15(2)14-25)23-18-8-10-24(11-9-18)13-16-4-6-17(20)7-5-16/h4-7,15,18,25H,3,8-14H2,1-2H3,(H2,21,22,23). The fourth-order valence-electron chi connectivity index (χ4n) is 2.90. The first-order valence-electron chi connectivity index (χ1n) is 9.23. The molecule has 25 heavy (non-hydrogen) atoms. The highest BCUT2D eigenvalue weighted by atomic mass is 19.1. The Morgan fingerprint density at radius 1 is 1.32 bits per heavy atom. The number of likely N-dealkylation sites (tertiary alicyclic amines) is 1. The van der Waals surface area contributed by atoms with Crippen LogP contribution in [0.5, 0.6) is 0 Å². The molecule has 1 saturated heterocycles. The number of guanidine groups is 1. The van der Waals surface area contributed by atoms with E-state index in [1.165, 1.54) is 12.1 Å². The first kappa shape index (κ1) is 19.7. The van der Waals surface area contributed by atoms with E-state index in [1.54, 1.807) is 0 Å². The van der Waals surface area contributed by atoms with Gasteiger partial charge in [0.1, 0.15) is 5.82 Å². The average molecular weight is 350 g/mol. The largest absolute Gasteiger partial charge is 0.396 e. The van der Waals surface area contributed by atoms with Gasteiger partial charge in [0.15, 0.2) is 5.96 Å². The van der Waals surface area contributed by atoms with Gasteiger partial charge in [-0.25, -0.2) is 4.39 Å². The molecule has 2 rings (SSSR count). The molecule has 1 heterocycles. The van der Waals surface area contributed by atoms with Crippen LogP contribution in [0, 0.1) is 11.7 Å². The molecule has 0 bridgehead atoms. The maximum atomic E-state index is 13.0. The van der Waals surface area contributed by atoms with Gasteiger partial charge in [0, 0.05) is 45.4 Å². The van der Waals surface area contributed by atoms with Gasteiger partial charge in [-0.15, -0.1) is 0 Å². The van der Waals surface area contributed by atoms with Crippen LogP contribution in [-0.2, 0) is 6.54 Å². The summed E-state index contributed by atoms with van der Waals surface area (Å²) in [5.74, 6) is 0.824. The summed E-state index contributed by atoms with van der Waals surface area (Å²) >= 11 is 0. The number of hydrogen-bond acceptors (Lipinski definition) is 3. The van der Waals surface area contributed by atoms with Gasteiger partial charge in [-0.1, -0.05) is 19.1 Å². The van der Waals surface area contributed by atoms with E-state index in [-0.39, 0.29) is 18.3 Å². The van der Waals surface area contributed by atoms with E-state index >= 15 is 0 Å². The maximum Gasteiger partial charge on any atom is 0.191 e. The molecule has 5 nitrogen and oxygen atoms in total. The number of rotatable bonds is 7. The number of nitrogens with zero attached hydrogens (tertiary/aromatic N) is 2. The molecule has 3 N–H and O–H groups in total. The highest BCUT2D eigenvalue weighted by Crippen LogP contribution is 2.14. The minimum atomic E-state index is -0.183. The van der Waals surface area contributed by atoms with Crippen LogP contribution < -0.4 is 10.6 Å². The summed E-state index contributed by atoms with van der Waals surface area (Å²) in [7, 11) is 0. The molecular weight excluding hydrogens is 319 g/mol. The number of aliphatic hydroxyl groups is 1. The molecular formula is C19H31FN4O. The van der Waals surface area contributed by atoms with E-state index in [0.717, 1.165) is 50.5 Å². The van der Waals surface area contributed by atoms with Crippen LogP contribution in [0.2, 0.25) is 0 Å². The highest BCUT2D eigenvalue weighted by molar-refractivity contribution is 5.80. The molecule has 1 aliphatic rings. The van der Waals surface area contributed by atoms with Crippen molar-refractivity contribution >= 4 is 5.96 Å². The quantitative estimate of drug-likeness (QED) is 0.520. The van der Waals surface area contributed by atoms with E-state index in [9.17, 15) is 4.39 Å². The Hall–Kier alpha value is -1.66. The zero-order chi connectivity index (χ0) is 18.1. The third-order valence-corrected chi connectivity index (χ3v) is 4.46. The molecule has 1 aromatic carbocycles.